The standard InChI is InChI=1S/C12H18N4O3/c1-2-14-11-5-3-4-9(16-11)12(18)15-6-7-19-8-10(13)17/h3-5H,2,6-8H2,1H3,(H2,13,17)(H,14,16)(H,15,18). The maximum Gasteiger partial charge on any atom is 0.270 e. The maximum atomic E-state index is 11.7. The average molecular weight is 266 g/mol. The van der Waals surface area contributed by atoms with Gasteiger partial charge in [-0.05, 0) is 19.1 Å². The number of carbonyl (C=O) groups is 2. The summed E-state index contributed by atoms with van der Waals surface area (Å²) in [6.45, 7) is 3.05. The Morgan fingerprint density at radius 2 is 2.21 bits per heavy atom. The number of hydrogen-bond donors (Lipinski definition) is 3. The van der Waals surface area contributed by atoms with Crippen LogP contribution in [0.15, 0.2) is 18.2 Å². The van der Waals surface area contributed by atoms with E-state index in [0.29, 0.717) is 18.1 Å². The first-order valence-electron chi connectivity index (χ1n) is 5.98. The Labute approximate surface area is 111 Å². The monoisotopic (exact) mass is 266 g/mol. The van der Waals surface area contributed by atoms with Crippen molar-refractivity contribution in [3.63, 3.8) is 0 Å². The topological polar surface area (TPSA) is 106 Å². The van der Waals surface area contributed by atoms with Crippen LogP contribution < -0.4 is 16.4 Å². The zero-order valence-electron chi connectivity index (χ0n) is 10.8. The van der Waals surface area contributed by atoms with Crippen LogP contribution in [0.2, 0.25) is 0 Å². The first kappa shape index (κ1) is 14.9. The Kier molecular flexibility index (Phi) is 6.31. The molecule has 4 N–H and O–H groups in total. The summed E-state index contributed by atoms with van der Waals surface area (Å²) >= 11 is 0. The van der Waals surface area contributed by atoms with Gasteiger partial charge in [0.25, 0.3) is 5.91 Å². The molecule has 0 saturated carbocycles. The lowest BCUT2D eigenvalue weighted by atomic mass is 10.3. The molecule has 0 aromatic carbocycles. The summed E-state index contributed by atoms with van der Waals surface area (Å²) in [6, 6.07) is 5.17. The number of carbonyl (C=O) groups excluding carboxylic acids is 2. The minimum absolute atomic E-state index is 0.149. The smallest absolute Gasteiger partial charge is 0.270 e. The van der Waals surface area contributed by atoms with E-state index in [4.69, 9.17) is 10.5 Å². The highest BCUT2D eigenvalue weighted by molar-refractivity contribution is 5.92. The summed E-state index contributed by atoms with van der Waals surface area (Å²) < 4.78 is 4.92. The van der Waals surface area contributed by atoms with Crippen molar-refractivity contribution in [2.24, 2.45) is 5.73 Å². The minimum Gasteiger partial charge on any atom is -0.370 e. The minimum atomic E-state index is -0.536. The number of nitrogens with two attached hydrogens (primary N) is 1. The Balaban J connectivity index is 2.36. The van der Waals surface area contributed by atoms with Gasteiger partial charge in [0, 0.05) is 13.1 Å². The molecule has 2 amide bonds. The van der Waals surface area contributed by atoms with Crippen molar-refractivity contribution in [2.75, 3.05) is 31.6 Å². The number of hydrogen-bond acceptors (Lipinski definition) is 5. The third-order valence-corrected chi connectivity index (χ3v) is 2.12. The first-order valence-corrected chi connectivity index (χ1v) is 5.98. The number of nitrogens with one attached hydrogen (secondary N) is 2. The lowest BCUT2D eigenvalue weighted by Crippen LogP contribution is -2.29. The largest absolute Gasteiger partial charge is 0.370 e. The van der Waals surface area contributed by atoms with Gasteiger partial charge in [0.15, 0.2) is 0 Å². The second kappa shape index (κ2) is 8.04. The van der Waals surface area contributed by atoms with Gasteiger partial charge in [-0.1, -0.05) is 6.07 Å². The highest BCUT2D eigenvalue weighted by Crippen LogP contribution is 2.04. The molecule has 0 radical (unpaired) electrons. The van der Waals surface area contributed by atoms with Gasteiger partial charge in [0.2, 0.25) is 5.91 Å². The van der Waals surface area contributed by atoms with Crippen LogP contribution >= 0.6 is 0 Å². The molecule has 0 unspecified atom stereocenters. The molecule has 1 rings (SSSR count). The van der Waals surface area contributed by atoms with Gasteiger partial charge in [-0.3, -0.25) is 9.59 Å². The number of primary amides is 1. The Morgan fingerprint density at radius 3 is 2.89 bits per heavy atom. The van der Waals surface area contributed by atoms with Gasteiger partial charge >= 0.3 is 0 Å². The van der Waals surface area contributed by atoms with Crippen molar-refractivity contribution in [1.29, 1.82) is 0 Å². The van der Waals surface area contributed by atoms with E-state index in [0.717, 1.165) is 6.54 Å². The number of pyridine rings is 1. The fourth-order valence-corrected chi connectivity index (χ4v) is 1.34. The molecule has 0 atom stereocenters. The van der Waals surface area contributed by atoms with Gasteiger partial charge < -0.3 is 21.1 Å². The lowest BCUT2D eigenvalue weighted by Gasteiger charge is -2.07. The van der Waals surface area contributed by atoms with Crippen molar-refractivity contribution in [1.82, 2.24) is 10.3 Å². The third kappa shape index (κ3) is 5.82. The third-order valence-electron chi connectivity index (χ3n) is 2.12. The molecule has 0 bridgehead atoms. The Hall–Kier alpha value is -2.15. The number of anilines is 1. The number of nitrogens with zero attached hydrogens (tertiary/aromatic N) is 1. The maximum absolute atomic E-state index is 11.7. The summed E-state index contributed by atoms with van der Waals surface area (Å²) in [6.07, 6.45) is 0. The Morgan fingerprint density at radius 1 is 1.42 bits per heavy atom. The van der Waals surface area contributed by atoms with Crippen LogP contribution in [0.4, 0.5) is 5.82 Å². The van der Waals surface area contributed by atoms with E-state index in [-0.39, 0.29) is 19.1 Å². The number of aromatic nitrogens is 1. The Bertz CT molecular complexity index is 437. The molecule has 7 heteroatoms. The van der Waals surface area contributed by atoms with Crippen LogP contribution in [0.5, 0.6) is 0 Å². The molecule has 19 heavy (non-hydrogen) atoms. The van der Waals surface area contributed by atoms with Crippen LogP contribution in [0.1, 0.15) is 17.4 Å². The fourth-order valence-electron chi connectivity index (χ4n) is 1.34. The molecular formula is C12H18N4O3. The predicted molar refractivity (Wildman–Crippen MR) is 70.7 cm³/mol. The van der Waals surface area contributed by atoms with E-state index in [9.17, 15) is 9.59 Å². The molecule has 104 valence electrons. The SMILES string of the molecule is CCNc1cccc(C(=O)NCCOCC(N)=O)n1. The number of ether oxygens (including phenoxy) is 1. The van der Waals surface area contributed by atoms with Gasteiger partial charge in [0.1, 0.15) is 18.1 Å². The zero-order valence-corrected chi connectivity index (χ0v) is 10.8. The second-order valence-corrected chi connectivity index (χ2v) is 3.71. The summed E-state index contributed by atoms with van der Waals surface area (Å²) in [5, 5.41) is 5.66. The van der Waals surface area contributed by atoms with E-state index in [1.165, 1.54) is 0 Å². The second-order valence-electron chi connectivity index (χ2n) is 3.71. The van der Waals surface area contributed by atoms with Gasteiger partial charge in [-0.15, -0.1) is 0 Å². The first-order chi connectivity index (χ1) is 9.13. The van der Waals surface area contributed by atoms with Crippen LogP contribution in [-0.4, -0.2) is 43.1 Å². The van der Waals surface area contributed by atoms with Crippen molar-refractivity contribution in [2.45, 2.75) is 6.92 Å². The molecule has 0 saturated heterocycles. The van der Waals surface area contributed by atoms with E-state index in [1.54, 1.807) is 18.2 Å². The van der Waals surface area contributed by atoms with Crippen LogP contribution in [0.25, 0.3) is 0 Å². The normalized spacial score (nSPS) is 9.95. The fraction of sp³-hybridized carbons (Fsp3) is 0.417. The molecule has 1 aromatic rings. The van der Waals surface area contributed by atoms with Crippen LogP contribution in [0, 0.1) is 0 Å². The highest BCUT2D eigenvalue weighted by Gasteiger charge is 2.07. The summed E-state index contributed by atoms with van der Waals surface area (Å²) in [7, 11) is 0. The molecule has 7 nitrogen and oxygen atoms in total. The number of amides is 2. The van der Waals surface area contributed by atoms with Crippen LogP contribution in [0.3, 0.4) is 0 Å². The van der Waals surface area contributed by atoms with E-state index < -0.39 is 5.91 Å². The molecule has 0 spiro atoms. The average Bonchev–Trinajstić information content (AvgIpc) is 2.38. The van der Waals surface area contributed by atoms with Gasteiger partial charge in [-0.25, -0.2) is 4.98 Å². The molecule has 0 aliphatic heterocycles. The van der Waals surface area contributed by atoms with E-state index >= 15 is 0 Å². The van der Waals surface area contributed by atoms with Crippen LogP contribution in [-0.2, 0) is 9.53 Å². The summed E-state index contributed by atoms with van der Waals surface area (Å²) in [5.41, 5.74) is 5.23. The summed E-state index contributed by atoms with van der Waals surface area (Å²) in [5.74, 6) is -0.172. The van der Waals surface area contributed by atoms with Crippen molar-refractivity contribution in [3.05, 3.63) is 23.9 Å². The van der Waals surface area contributed by atoms with Crippen molar-refractivity contribution >= 4 is 17.6 Å². The van der Waals surface area contributed by atoms with E-state index in [1.807, 2.05) is 6.92 Å². The van der Waals surface area contributed by atoms with Gasteiger partial charge in [-0.2, -0.15) is 0 Å². The quantitative estimate of drug-likeness (QED) is 0.562. The molecule has 1 heterocycles. The molecular weight excluding hydrogens is 248 g/mol. The lowest BCUT2D eigenvalue weighted by molar-refractivity contribution is -0.122. The molecule has 0 aliphatic carbocycles. The molecule has 0 aliphatic rings. The summed E-state index contributed by atoms with van der Waals surface area (Å²) in [4.78, 5) is 26.3. The zero-order chi connectivity index (χ0) is 14.1. The predicted octanol–water partition coefficient (Wildman–Crippen LogP) is -0.255. The van der Waals surface area contributed by atoms with Gasteiger partial charge in [0.05, 0.1) is 6.61 Å². The molecule has 1 aromatic heterocycles. The van der Waals surface area contributed by atoms with Crippen molar-refractivity contribution in [3.8, 4) is 0 Å². The molecule has 0 fully saturated rings. The highest BCUT2D eigenvalue weighted by atomic mass is 16.5. The van der Waals surface area contributed by atoms with Crippen molar-refractivity contribution < 1.29 is 14.3 Å². The van der Waals surface area contributed by atoms with E-state index in [2.05, 4.69) is 15.6 Å². The number of rotatable bonds is 8.